The predicted octanol–water partition coefficient (Wildman–Crippen LogP) is 30.6. The summed E-state index contributed by atoms with van der Waals surface area (Å²) in [6, 6.07) is 27.9. The third-order valence-corrected chi connectivity index (χ3v) is 30.6. The Morgan fingerprint density at radius 2 is 0.706 bits per heavy atom. The predicted molar refractivity (Wildman–Crippen MR) is 583 cm³/mol. The van der Waals surface area contributed by atoms with Crippen molar-refractivity contribution in [2.45, 2.75) is 472 Å². The smallest absolute Gasteiger partial charge is 0.411 e. The lowest BCUT2D eigenvalue weighted by atomic mass is 9.71. The molecule has 0 radical (unpaired) electrons. The number of benzene rings is 3. The zero-order valence-corrected chi connectivity index (χ0v) is 94.2. The molecule has 143 heavy (non-hydrogen) atoms. The number of aryl methyl sites for hydroxylation is 1. The largest absolute Gasteiger partial charge is 0.446 e. The van der Waals surface area contributed by atoms with Crippen LogP contribution in [-0.4, -0.2) is 130 Å². The van der Waals surface area contributed by atoms with Gasteiger partial charge in [-0.25, -0.2) is 38.4 Å². The topological polar surface area (TPSA) is 307 Å². The zero-order chi connectivity index (χ0) is 106. The summed E-state index contributed by atoms with van der Waals surface area (Å²) >= 11 is 0. The maximum atomic E-state index is 11.9. The molecule has 8 amide bonds. The summed E-state index contributed by atoms with van der Waals surface area (Å²) in [6.07, 6.45) is 39.0. The maximum Gasteiger partial charge on any atom is 0.411 e. The molecule has 0 bridgehead atoms. The van der Waals surface area contributed by atoms with Gasteiger partial charge in [-0.05, 0) is 316 Å². The quantitative estimate of drug-likeness (QED) is 0.0219. The molecule has 8 aliphatic rings. The van der Waals surface area contributed by atoms with Crippen molar-refractivity contribution < 1.29 is 76.3 Å². The second kappa shape index (κ2) is 72.2. The van der Waals surface area contributed by atoms with Crippen LogP contribution in [0.3, 0.4) is 0 Å². The highest BCUT2D eigenvalue weighted by Crippen LogP contribution is 2.42. The number of ether oxygens (including phenoxy) is 8. The molecule has 0 aromatic heterocycles. The number of carbonyl (C=O) groups is 8. The summed E-state index contributed by atoms with van der Waals surface area (Å²) in [7, 11) is 0. The Morgan fingerprint density at radius 1 is 0.329 bits per heavy atom. The molecule has 20 unspecified atom stereocenters. The minimum absolute atomic E-state index is 0.0589. The fourth-order valence-electron chi connectivity index (χ4n) is 22.0. The van der Waals surface area contributed by atoms with E-state index < -0.39 is 0 Å². The lowest BCUT2D eigenvalue weighted by Gasteiger charge is -2.38. The van der Waals surface area contributed by atoms with Gasteiger partial charge in [0, 0.05) is 51.0 Å². The van der Waals surface area contributed by atoms with E-state index in [2.05, 4.69) is 202 Å². The van der Waals surface area contributed by atoms with Crippen molar-refractivity contribution in [3.8, 4) is 0 Å². The van der Waals surface area contributed by atoms with Gasteiger partial charge in [-0.15, -0.1) is 0 Å². The molecule has 8 N–H and O–H groups in total. The van der Waals surface area contributed by atoms with Crippen LogP contribution in [0.5, 0.6) is 0 Å². The number of hydrogen-bond acceptors (Lipinski definition) is 16. The second-order valence-electron chi connectivity index (χ2n) is 45.6. The summed E-state index contributed by atoms with van der Waals surface area (Å²) in [5, 5.41) is 22.5. The van der Waals surface area contributed by atoms with Crippen molar-refractivity contribution in [1.82, 2.24) is 37.2 Å². The van der Waals surface area contributed by atoms with Gasteiger partial charge >= 0.3 is 48.7 Å². The van der Waals surface area contributed by atoms with Gasteiger partial charge in [0.15, 0.2) is 0 Å². The molecule has 8 fully saturated rings. The van der Waals surface area contributed by atoms with Gasteiger partial charge in [0.1, 0.15) is 48.8 Å². The minimum atomic E-state index is -0.333. The number of carbonyl (C=O) groups excluding carboxylic acids is 8. The third-order valence-electron chi connectivity index (χ3n) is 30.6. The van der Waals surface area contributed by atoms with E-state index in [1.165, 1.54) is 128 Å². The van der Waals surface area contributed by atoms with E-state index in [-0.39, 0.29) is 104 Å². The van der Waals surface area contributed by atoms with Gasteiger partial charge in [0.05, 0.1) is 0 Å². The van der Waals surface area contributed by atoms with Crippen molar-refractivity contribution in [3.63, 3.8) is 0 Å². The average molecular weight is 2000 g/mol. The van der Waals surface area contributed by atoms with Crippen LogP contribution in [0.25, 0.3) is 0 Å². The maximum absolute atomic E-state index is 11.9. The summed E-state index contributed by atoms with van der Waals surface area (Å²) in [6.45, 7) is 58.4. The van der Waals surface area contributed by atoms with Crippen molar-refractivity contribution in [2.75, 3.05) is 31.5 Å². The first-order chi connectivity index (χ1) is 68.2. The van der Waals surface area contributed by atoms with Crippen molar-refractivity contribution in [2.24, 2.45) is 100 Å². The van der Waals surface area contributed by atoms with E-state index in [0.717, 1.165) is 146 Å². The molecule has 24 heteroatoms. The number of alkyl carbamates (subject to hydrolysis) is 7. The number of amides is 8. The number of nitrogens with one attached hydrogen (secondary N) is 8. The first-order valence-electron chi connectivity index (χ1n) is 57.0. The van der Waals surface area contributed by atoms with Gasteiger partial charge in [0.25, 0.3) is 0 Å². The van der Waals surface area contributed by atoms with Crippen LogP contribution in [0.15, 0.2) is 84.9 Å². The van der Waals surface area contributed by atoms with Gasteiger partial charge in [-0.2, -0.15) is 0 Å². The molecule has 24 nitrogen and oxygen atoms in total. The summed E-state index contributed by atoms with van der Waals surface area (Å²) < 4.78 is 44.3. The van der Waals surface area contributed by atoms with E-state index in [0.29, 0.717) is 120 Å². The molecule has 11 rings (SSSR count). The van der Waals surface area contributed by atoms with Crippen LogP contribution in [0.4, 0.5) is 44.0 Å². The van der Waals surface area contributed by atoms with E-state index in [1.54, 1.807) is 0 Å². The van der Waals surface area contributed by atoms with Gasteiger partial charge in [-0.1, -0.05) is 290 Å². The van der Waals surface area contributed by atoms with E-state index in [9.17, 15) is 38.4 Å². The normalized spacial score (nSPS) is 27.0. The zero-order valence-electron chi connectivity index (χ0n) is 94.2. The molecule has 0 spiro atoms. The molecule has 0 saturated heterocycles. The van der Waals surface area contributed by atoms with Gasteiger partial charge in [0.2, 0.25) is 0 Å². The summed E-state index contributed by atoms with van der Waals surface area (Å²) in [4.78, 5) is 93.5. The SMILES string of the molecule is CC(C)C1CCCCC1OC(=O)NCc1ccccc1.CC1CC(C)CC(OC(=O)NCc2ccccc2)C1.CCC(C)NC(=O)OC1CC(C)CC(C)(C)C1.CCCCCCNC(=O)OC1CCCCC1C(C)C.CCCCNC(=O)OC1C(C)CCC(C)C1C.CCCCNC(=O)OC1CCCCC1C(C)C.CCNC(=O)OC1CCCC(C)C1C.CCc1ccc(NC(=O)OC2CC(C)CC(C)C2)cc1. The number of unbranched alkanes of at least 4 members (excludes halogenated alkanes) is 5. The number of rotatable bonds is 31. The van der Waals surface area contributed by atoms with Crippen LogP contribution >= 0.6 is 0 Å². The Hall–Kier alpha value is -8.18. The van der Waals surface area contributed by atoms with E-state index >= 15 is 0 Å². The Labute approximate surface area is 868 Å². The number of hydrogen-bond donors (Lipinski definition) is 8. The summed E-state index contributed by atoms with van der Waals surface area (Å²) in [5.74, 6) is 9.34. The molecule has 8 saturated carbocycles. The van der Waals surface area contributed by atoms with Gasteiger partial charge < -0.3 is 75.1 Å². The van der Waals surface area contributed by atoms with Crippen LogP contribution in [0, 0.1) is 100 Å². The fraction of sp³-hybridized carbons (Fsp3) is 0.782. The standard InChI is InChI=1S/2C17H25NO2.C16H23NO2.C16H31NO2.3C14H27NO2.C11H21NO2/c1-13(2)15-10-6-7-11-16(15)20-17(19)18-12-14-8-4-3-5-9-14;1-4-14-5-7-15(8-6-14)18-17(19)20-16-10-12(2)9-13(3)11-16;1-12-8-13(2)10-15(9-12)19-16(18)17-11-14-6-4-3-5-7-14;1-4-5-6-9-12-17-16(18)19-15-11-8-7-10-14(15)13(2)3;1-6-11(3)15-13(16)17-12-7-10(2)8-14(4,5)9-12;1-5-6-9-15-14(16)17-13-11(3)8-7-10(2)12(13)4;1-4-5-10-15-14(16)17-13-9-7-6-8-12(13)11(2)3;1-4-12-11(13)14-10-7-5-6-8(2)9(10)3/h3-5,8-9,13,15-16H,6-7,10-12H2,1-2H3,(H,18,19);5-8,12-13,16H,4,9-11H2,1-3H3,(H,18,19);3-7,12-13,15H,8-11H2,1-2H3,(H,17,18);13-15H,4-12H2,1-3H3,(H,17,18);10-12H,6-9H2,1-5H3,(H,15,16);10-13H,5-9H2,1-4H3,(H,15,16);11-13H,4-10H2,1-3H3,(H,15,16);8-10H,4-7H2,1-3H3,(H,12,13). The Kier molecular flexibility index (Phi) is 64.2. The Bertz CT molecular complexity index is 3880. The third kappa shape index (κ3) is 54.9. The first kappa shape index (κ1) is 127. The Balaban J connectivity index is 0.000000341. The van der Waals surface area contributed by atoms with Crippen molar-refractivity contribution in [3.05, 3.63) is 102 Å². The van der Waals surface area contributed by atoms with Crippen LogP contribution in [-0.2, 0) is 57.4 Å². The lowest BCUT2D eigenvalue weighted by molar-refractivity contribution is -0.0111. The molecule has 8 aliphatic carbocycles. The van der Waals surface area contributed by atoms with Crippen LogP contribution in [0.1, 0.15) is 415 Å². The van der Waals surface area contributed by atoms with E-state index in [1.807, 2.05) is 98.8 Å². The molecule has 20 atom stereocenters. The second-order valence-corrected chi connectivity index (χ2v) is 45.6. The molecular weight excluding hydrogens is 1800 g/mol. The van der Waals surface area contributed by atoms with Crippen LogP contribution in [0.2, 0.25) is 0 Å². The monoisotopic (exact) mass is 2000 g/mol. The average Bonchev–Trinajstić information content (AvgIpc) is 0.838. The van der Waals surface area contributed by atoms with Gasteiger partial charge in [-0.3, -0.25) is 5.32 Å². The molecule has 0 heterocycles. The molecule has 0 aliphatic heterocycles. The van der Waals surface area contributed by atoms with Crippen molar-refractivity contribution >= 4 is 54.4 Å². The Morgan fingerprint density at radius 3 is 1.13 bits per heavy atom. The lowest BCUT2D eigenvalue weighted by Crippen LogP contribution is -2.41. The fourth-order valence-corrected chi connectivity index (χ4v) is 22.0. The highest BCUT2D eigenvalue weighted by molar-refractivity contribution is 5.84. The number of anilines is 1. The highest BCUT2D eigenvalue weighted by atomic mass is 16.6. The molecular formula is C119H206N8O16. The minimum Gasteiger partial charge on any atom is -0.446 e. The highest BCUT2D eigenvalue weighted by Gasteiger charge is 2.39. The molecule has 3 aromatic carbocycles. The van der Waals surface area contributed by atoms with Crippen LogP contribution < -0.4 is 42.5 Å². The molecule has 3 aromatic rings. The van der Waals surface area contributed by atoms with Crippen molar-refractivity contribution in [1.29, 1.82) is 0 Å². The molecule has 818 valence electrons. The summed E-state index contributed by atoms with van der Waals surface area (Å²) in [5.41, 5.74) is 4.53. The first-order valence-corrected chi connectivity index (χ1v) is 57.0. The van der Waals surface area contributed by atoms with E-state index in [4.69, 9.17) is 37.9 Å².